The molecule has 4 nitrogen and oxygen atoms in total. The first-order valence-corrected chi connectivity index (χ1v) is 3.42. The average molecular weight is 156 g/mol. The number of nitrogens with one attached hydrogen (secondary N) is 1. The van der Waals surface area contributed by atoms with Crippen LogP contribution in [0, 0.1) is 0 Å². The van der Waals surface area contributed by atoms with E-state index in [2.05, 4.69) is 10.5 Å². The summed E-state index contributed by atoms with van der Waals surface area (Å²) < 4.78 is 0. The number of ketones is 1. The SMILES string of the molecule is CC/C(=N/NC(C)=O)C(C)=O. The summed E-state index contributed by atoms with van der Waals surface area (Å²) in [6.45, 7) is 4.57. The molecule has 0 radical (unpaired) electrons. The van der Waals surface area contributed by atoms with Crippen molar-refractivity contribution in [1.29, 1.82) is 0 Å². The van der Waals surface area contributed by atoms with Gasteiger partial charge in [0, 0.05) is 13.8 Å². The van der Waals surface area contributed by atoms with Gasteiger partial charge in [0.1, 0.15) is 5.71 Å². The quantitative estimate of drug-likeness (QED) is 0.477. The summed E-state index contributed by atoms with van der Waals surface area (Å²) >= 11 is 0. The van der Waals surface area contributed by atoms with E-state index in [1.165, 1.54) is 13.8 Å². The minimum Gasteiger partial charge on any atom is -0.293 e. The normalized spacial score (nSPS) is 11.0. The Balaban J connectivity index is 4.13. The zero-order chi connectivity index (χ0) is 8.85. The number of carbonyl (C=O) groups excluding carboxylic acids is 2. The summed E-state index contributed by atoms with van der Waals surface area (Å²) in [4.78, 5) is 21.1. The smallest absolute Gasteiger partial charge is 0.236 e. The van der Waals surface area contributed by atoms with Crippen LogP contribution in [0.1, 0.15) is 27.2 Å². The molecule has 0 fully saturated rings. The first kappa shape index (κ1) is 9.81. The van der Waals surface area contributed by atoms with Crippen LogP contribution in [0.3, 0.4) is 0 Å². The molecule has 0 atom stereocenters. The first-order chi connectivity index (χ1) is 5.07. The van der Waals surface area contributed by atoms with Gasteiger partial charge in [-0.2, -0.15) is 5.10 Å². The first-order valence-electron chi connectivity index (χ1n) is 3.42. The van der Waals surface area contributed by atoms with Gasteiger partial charge in [0.2, 0.25) is 5.91 Å². The topological polar surface area (TPSA) is 58.5 Å². The Morgan fingerprint density at radius 2 is 1.91 bits per heavy atom. The lowest BCUT2D eigenvalue weighted by Crippen LogP contribution is -2.19. The molecule has 0 aromatic rings. The molecule has 0 saturated heterocycles. The van der Waals surface area contributed by atoms with Crippen LogP contribution in [-0.2, 0) is 9.59 Å². The van der Waals surface area contributed by atoms with Crippen molar-refractivity contribution in [2.75, 3.05) is 0 Å². The van der Waals surface area contributed by atoms with Gasteiger partial charge in [-0.3, -0.25) is 9.59 Å². The summed E-state index contributed by atoms with van der Waals surface area (Å²) in [5.41, 5.74) is 2.60. The molecule has 1 amide bonds. The van der Waals surface area contributed by atoms with E-state index in [-0.39, 0.29) is 11.7 Å². The van der Waals surface area contributed by atoms with Crippen LogP contribution in [0.5, 0.6) is 0 Å². The maximum atomic E-state index is 10.7. The summed E-state index contributed by atoms with van der Waals surface area (Å²) in [5.74, 6) is -0.376. The fourth-order valence-electron chi connectivity index (χ4n) is 0.553. The molecule has 0 unspecified atom stereocenters. The van der Waals surface area contributed by atoms with Crippen LogP contribution in [0.15, 0.2) is 5.10 Å². The minimum atomic E-state index is -0.266. The van der Waals surface area contributed by atoms with Gasteiger partial charge in [0.15, 0.2) is 5.78 Å². The molecule has 0 saturated carbocycles. The summed E-state index contributed by atoms with van der Waals surface area (Å²) in [6, 6.07) is 0. The number of hydrogen-bond acceptors (Lipinski definition) is 3. The standard InChI is InChI=1S/C7H12N2O2/c1-4-7(5(2)10)9-8-6(3)11/h4H2,1-3H3,(H,8,11)/b9-7-. The maximum absolute atomic E-state index is 10.7. The van der Waals surface area contributed by atoms with E-state index < -0.39 is 0 Å². The Morgan fingerprint density at radius 3 is 2.18 bits per heavy atom. The molecule has 0 aliphatic carbocycles. The van der Waals surface area contributed by atoms with E-state index in [0.29, 0.717) is 12.1 Å². The molecule has 0 aliphatic heterocycles. The molecule has 1 N–H and O–H groups in total. The monoisotopic (exact) mass is 156 g/mol. The van der Waals surface area contributed by atoms with Crippen molar-refractivity contribution in [2.24, 2.45) is 5.10 Å². The predicted octanol–water partition coefficient (Wildman–Crippen LogP) is 0.478. The third-order valence-corrected chi connectivity index (χ3v) is 1.09. The van der Waals surface area contributed by atoms with Crippen LogP contribution in [0.4, 0.5) is 0 Å². The highest BCUT2D eigenvalue weighted by Crippen LogP contribution is 1.85. The van der Waals surface area contributed by atoms with Crippen LogP contribution < -0.4 is 5.43 Å². The third kappa shape index (κ3) is 4.25. The lowest BCUT2D eigenvalue weighted by molar-refractivity contribution is -0.118. The Labute approximate surface area is 65.7 Å². The summed E-state index contributed by atoms with van der Waals surface area (Å²) in [6.07, 6.45) is 0.537. The molecule has 0 rings (SSSR count). The Bertz CT molecular complexity index is 197. The van der Waals surface area contributed by atoms with Crippen molar-refractivity contribution in [3.8, 4) is 0 Å². The lowest BCUT2D eigenvalue weighted by atomic mass is 10.2. The van der Waals surface area contributed by atoms with Gasteiger partial charge in [0.05, 0.1) is 0 Å². The van der Waals surface area contributed by atoms with Crippen LogP contribution in [0.25, 0.3) is 0 Å². The molecule has 0 bridgehead atoms. The van der Waals surface area contributed by atoms with E-state index in [1.807, 2.05) is 6.92 Å². The summed E-state index contributed by atoms with van der Waals surface area (Å²) in [5, 5.41) is 3.61. The number of nitrogens with zero attached hydrogens (tertiary/aromatic N) is 1. The van der Waals surface area contributed by atoms with Gasteiger partial charge in [-0.1, -0.05) is 6.92 Å². The molecular weight excluding hydrogens is 144 g/mol. The molecule has 0 spiro atoms. The van der Waals surface area contributed by atoms with Crippen molar-refractivity contribution in [3.63, 3.8) is 0 Å². The van der Waals surface area contributed by atoms with E-state index in [9.17, 15) is 9.59 Å². The zero-order valence-electron chi connectivity index (χ0n) is 6.97. The van der Waals surface area contributed by atoms with Gasteiger partial charge in [-0.15, -0.1) is 0 Å². The predicted molar refractivity (Wildman–Crippen MR) is 42.2 cm³/mol. The van der Waals surface area contributed by atoms with Crippen LogP contribution in [-0.4, -0.2) is 17.4 Å². The Morgan fingerprint density at radius 1 is 1.36 bits per heavy atom. The van der Waals surface area contributed by atoms with Crippen LogP contribution >= 0.6 is 0 Å². The molecule has 62 valence electrons. The number of rotatable bonds is 3. The fourth-order valence-corrected chi connectivity index (χ4v) is 0.553. The van der Waals surface area contributed by atoms with E-state index in [0.717, 1.165) is 0 Å². The van der Waals surface area contributed by atoms with Crippen molar-refractivity contribution in [2.45, 2.75) is 27.2 Å². The van der Waals surface area contributed by atoms with Crippen molar-refractivity contribution >= 4 is 17.4 Å². The number of carbonyl (C=O) groups is 2. The van der Waals surface area contributed by atoms with E-state index in [1.54, 1.807) is 0 Å². The maximum Gasteiger partial charge on any atom is 0.236 e. The number of Topliss-reactive ketones (excluding diaryl/α,β-unsaturated/α-hetero) is 1. The highest BCUT2D eigenvalue weighted by atomic mass is 16.2. The molecule has 11 heavy (non-hydrogen) atoms. The average Bonchev–Trinajstić information content (AvgIpc) is 1.87. The van der Waals surface area contributed by atoms with Crippen molar-refractivity contribution in [3.05, 3.63) is 0 Å². The molecule has 0 aromatic carbocycles. The second-order valence-corrected chi connectivity index (χ2v) is 2.14. The molecule has 0 aromatic heterocycles. The minimum absolute atomic E-state index is 0.110. The van der Waals surface area contributed by atoms with E-state index >= 15 is 0 Å². The Hall–Kier alpha value is -1.19. The fraction of sp³-hybridized carbons (Fsp3) is 0.571. The van der Waals surface area contributed by atoms with E-state index in [4.69, 9.17) is 0 Å². The largest absolute Gasteiger partial charge is 0.293 e. The molecule has 0 heterocycles. The van der Waals surface area contributed by atoms with Gasteiger partial charge in [-0.25, -0.2) is 5.43 Å². The zero-order valence-corrected chi connectivity index (χ0v) is 6.97. The van der Waals surface area contributed by atoms with Gasteiger partial charge in [0.25, 0.3) is 0 Å². The highest BCUT2D eigenvalue weighted by Gasteiger charge is 2.01. The van der Waals surface area contributed by atoms with Gasteiger partial charge < -0.3 is 0 Å². The third-order valence-electron chi connectivity index (χ3n) is 1.09. The van der Waals surface area contributed by atoms with Gasteiger partial charge in [-0.05, 0) is 6.42 Å². The number of hydrogen-bond donors (Lipinski definition) is 1. The molecule has 4 heteroatoms. The van der Waals surface area contributed by atoms with Crippen molar-refractivity contribution in [1.82, 2.24) is 5.43 Å². The second kappa shape index (κ2) is 4.60. The van der Waals surface area contributed by atoms with Gasteiger partial charge >= 0.3 is 0 Å². The lowest BCUT2D eigenvalue weighted by Gasteiger charge is -1.97. The molecule has 0 aliphatic rings. The highest BCUT2D eigenvalue weighted by molar-refractivity contribution is 6.38. The number of amides is 1. The second-order valence-electron chi connectivity index (χ2n) is 2.14. The van der Waals surface area contributed by atoms with Crippen LogP contribution in [0.2, 0.25) is 0 Å². The molecular formula is C7H12N2O2. The summed E-state index contributed by atoms with van der Waals surface area (Å²) in [7, 11) is 0. The Kier molecular flexibility index (Phi) is 4.10. The number of hydrazone groups is 1. The van der Waals surface area contributed by atoms with Crippen molar-refractivity contribution < 1.29 is 9.59 Å².